The van der Waals surface area contributed by atoms with Crippen molar-refractivity contribution in [1.82, 2.24) is 10.6 Å². The third-order valence-corrected chi connectivity index (χ3v) is 5.24. The minimum absolute atomic E-state index is 0. The van der Waals surface area contributed by atoms with Gasteiger partial charge in [-0.25, -0.2) is 0 Å². The van der Waals surface area contributed by atoms with Crippen LogP contribution < -0.4 is 20.1 Å². The monoisotopic (exact) mass is 495 g/mol. The number of nitrogens with one attached hydrogen (secondary N) is 2. The minimum atomic E-state index is 0. The van der Waals surface area contributed by atoms with Gasteiger partial charge in [0.25, 0.3) is 0 Å². The Morgan fingerprint density at radius 1 is 1.04 bits per heavy atom. The Balaban J connectivity index is 0.00000280. The van der Waals surface area contributed by atoms with Crippen LogP contribution in [0.4, 0.5) is 0 Å². The molecule has 0 spiro atoms. The largest absolute Gasteiger partial charge is 0.496 e. The average molecular weight is 495 g/mol. The van der Waals surface area contributed by atoms with E-state index in [0.717, 1.165) is 42.4 Å². The maximum absolute atomic E-state index is 5.56. The first-order valence-corrected chi connectivity index (χ1v) is 9.33. The van der Waals surface area contributed by atoms with Crippen LogP contribution in [-0.4, -0.2) is 33.8 Å². The van der Waals surface area contributed by atoms with E-state index in [-0.39, 0.29) is 29.4 Å². The summed E-state index contributed by atoms with van der Waals surface area (Å²) in [6, 6.07) is 14.5. The summed E-state index contributed by atoms with van der Waals surface area (Å²) in [6.45, 7) is 3.55. The number of rotatable bonds is 7. The Morgan fingerprint density at radius 3 is 2.39 bits per heavy atom. The maximum atomic E-state index is 5.56. The van der Waals surface area contributed by atoms with E-state index in [2.05, 4.69) is 46.8 Å². The van der Waals surface area contributed by atoms with Crippen LogP contribution in [0.15, 0.2) is 47.5 Å². The van der Waals surface area contributed by atoms with E-state index in [1.165, 1.54) is 11.1 Å². The molecular weight excluding hydrogens is 465 g/mol. The fourth-order valence-corrected chi connectivity index (χ4v) is 3.43. The van der Waals surface area contributed by atoms with Crippen LogP contribution in [-0.2, 0) is 12.0 Å². The van der Waals surface area contributed by atoms with Crippen molar-refractivity contribution in [3.63, 3.8) is 0 Å². The van der Waals surface area contributed by atoms with E-state index >= 15 is 0 Å². The molecule has 2 N–H and O–H groups in total. The lowest BCUT2D eigenvalue weighted by atomic mass is 9.95. The van der Waals surface area contributed by atoms with Gasteiger partial charge < -0.3 is 20.1 Å². The highest BCUT2D eigenvalue weighted by Crippen LogP contribution is 2.50. The van der Waals surface area contributed by atoms with Gasteiger partial charge in [-0.2, -0.15) is 0 Å². The first-order chi connectivity index (χ1) is 13.1. The number of methoxy groups -OCH3 is 2. The van der Waals surface area contributed by atoms with Crippen molar-refractivity contribution in [2.45, 2.75) is 31.7 Å². The number of halogens is 1. The number of hydrogen-bond donors (Lipinski definition) is 2. The molecule has 2 aromatic rings. The third kappa shape index (κ3) is 5.10. The molecule has 1 fully saturated rings. The van der Waals surface area contributed by atoms with Crippen molar-refractivity contribution in [3.05, 3.63) is 59.2 Å². The highest BCUT2D eigenvalue weighted by molar-refractivity contribution is 14.0. The van der Waals surface area contributed by atoms with Crippen LogP contribution in [0.3, 0.4) is 0 Å². The van der Waals surface area contributed by atoms with Crippen LogP contribution in [0.5, 0.6) is 11.5 Å². The molecule has 0 aromatic heterocycles. The lowest BCUT2D eigenvalue weighted by molar-refractivity contribution is 0.403. The van der Waals surface area contributed by atoms with Gasteiger partial charge in [0.2, 0.25) is 0 Å². The Hall–Kier alpha value is -1.96. The van der Waals surface area contributed by atoms with Gasteiger partial charge in [0.05, 0.1) is 14.2 Å². The van der Waals surface area contributed by atoms with Gasteiger partial charge in [0.1, 0.15) is 11.5 Å². The first kappa shape index (κ1) is 22.3. The number of hydrogen-bond acceptors (Lipinski definition) is 3. The van der Waals surface area contributed by atoms with E-state index in [0.29, 0.717) is 6.54 Å². The molecule has 0 bridgehead atoms. The molecule has 1 saturated carbocycles. The van der Waals surface area contributed by atoms with E-state index in [1.807, 2.05) is 18.2 Å². The molecule has 0 saturated heterocycles. The van der Waals surface area contributed by atoms with E-state index < -0.39 is 0 Å². The normalized spacial score (nSPS) is 14.6. The SMILES string of the molecule is CN=C(NCc1ccc(C)cc1OC)NCC1(c2ccccc2OC)CC1.I. The van der Waals surface area contributed by atoms with Crippen molar-refractivity contribution in [2.24, 2.45) is 4.99 Å². The van der Waals surface area contributed by atoms with Crippen LogP contribution in [0.25, 0.3) is 0 Å². The Bertz CT molecular complexity index is 819. The molecule has 1 aliphatic carbocycles. The quantitative estimate of drug-likeness (QED) is 0.346. The molecular formula is C22H30IN3O2. The van der Waals surface area contributed by atoms with E-state index in [9.17, 15) is 0 Å². The molecule has 0 heterocycles. The van der Waals surface area contributed by atoms with Crippen molar-refractivity contribution in [2.75, 3.05) is 27.8 Å². The van der Waals surface area contributed by atoms with Gasteiger partial charge in [0, 0.05) is 36.7 Å². The minimum Gasteiger partial charge on any atom is -0.496 e. The number of nitrogens with zero attached hydrogens (tertiary/aromatic N) is 1. The summed E-state index contributed by atoms with van der Waals surface area (Å²) in [5, 5.41) is 6.87. The second-order valence-electron chi connectivity index (χ2n) is 7.08. The lowest BCUT2D eigenvalue weighted by Gasteiger charge is -2.21. The van der Waals surface area contributed by atoms with Crippen molar-refractivity contribution < 1.29 is 9.47 Å². The molecule has 0 aliphatic heterocycles. The van der Waals surface area contributed by atoms with Crippen LogP contribution in [0.1, 0.15) is 29.5 Å². The number of guanidine groups is 1. The molecule has 0 unspecified atom stereocenters. The van der Waals surface area contributed by atoms with Crippen LogP contribution in [0, 0.1) is 6.92 Å². The molecule has 28 heavy (non-hydrogen) atoms. The summed E-state index contributed by atoms with van der Waals surface area (Å²) in [5.74, 6) is 2.65. The van der Waals surface area contributed by atoms with Crippen molar-refractivity contribution in [3.8, 4) is 11.5 Å². The van der Waals surface area contributed by atoms with Gasteiger partial charge in [0.15, 0.2) is 5.96 Å². The molecule has 1 aliphatic rings. The van der Waals surface area contributed by atoms with Crippen molar-refractivity contribution in [1.29, 1.82) is 0 Å². The predicted molar refractivity (Wildman–Crippen MR) is 125 cm³/mol. The lowest BCUT2D eigenvalue weighted by Crippen LogP contribution is -2.41. The average Bonchev–Trinajstić information content (AvgIpc) is 3.49. The fourth-order valence-electron chi connectivity index (χ4n) is 3.43. The first-order valence-electron chi connectivity index (χ1n) is 9.33. The van der Waals surface area contributed by atoms with Crippen LogP contribution >= 0.6 is 24.0 Å². The molecule has 2 aromatic carbocycles. The van der Waals surface area contributed by atoms with Gasteiger partial charge in [-0.05, 0) is 37.5 Å². The Morgan fingerprint density at radius 2 is 1.75 bits per heavy atom. The second-order valence-corrected chi connectivity index (χ2v) is 7.08. The zero-order chi connectivity index (χ0) is 19.3. The fraction of sp³-hybridized carbons (Fsp3) is 0.409. The highest BCUT2D eigenvalue weighted by atomic mass is 127. The maximum Gasteiger partial charge on any atom is 0.191 e. The standard InChI is InChI=1S/C22H29N3O2.HI/c1-16-9-10-17(20(13-16)27-4)14-24-21(23-2)25-15-22(11-12-22)18-7-5-6-8-19(18)26-3;/h5-10,13H,11-12,14-15H2,1-4H3,(H2,23,24,25);1H. The summed E-state index contributed by atoms with van der Waals surface area (Å²) in [6.07, 6.45) is 2.31. The summed E-state index contributed by atoms with van der Waals surface area (Å²) < 4.78 is 11.0. The number of ether oxygens (including phenoxy) is 2. The van der Waals surface area contributed by atoms with Gasteiger partial charge in [-0.3, -0.25) is 4.99 Å². The number of aliphatic imine (C=N–C) groups is 1. The molecule has 6 heteroatoms. The summed E-state index contributed by atoms with van der Waals surface area (Å²) in [7, 11) is 5.23. The molecule has 0 atom stereocenters. The second kappa shape index (κ2) is 10.0. The van der Waals surface area contributed by atoms with Gasteiger partial charge in [-0.1, -0.05) is 30.3 Å². The zero-order valence-corrected chi connectivity index (χ0v) is 19.4. The number of aryl methyl sites for hydroxylation is 1. The Labute approximate surface area is 184 Å². The van der Waals surface area contributed by atoms with Crippen LogP contribution in [0.2, 0.25) is 0 Å². The van der Waals surface area contributed by atoms with Gasteiger partial charge >= 0.3 is 0 Å². The summed E-state index contributed by atoms with van der Waals surface area (Å²) >= 11 is 0. The number of benzene rings is 2. The molecule has 0 amide bonds. The zero-order valence-electron chi connectivity index (χ0n) is 17.0. The molecule has 5 nitrogen and oxygen atoms in total. The topological polar surface area (TPSA) is 54.9 Å². The summed E-state index contributed by atoms with van der Waals surface area (Å²) in [4.78, 5) is 4.37. The third-order valence-electron chi connectivity index (χ3n) is 5.24. The number of para-hydroxylation sites is 1. The van der Waals surface area contributed by atoms with Gasteiger partial charge in [-0.15, -0.1) is 24.0 Å². The smallest absolute Gasteiger partial charge is 0.191 e. The Kier molecular flexibility index (Phi) is 7.98. The van der Waals surface area contributed by atoms with E-state index in [4.69, 9.17) is 9.47 Å². The predicted octanol–water partition coefficient (Wildman–Crippen LogP) is 4.03. The van der Waals surface area contributed by atoms with Crippen molar-refractivity contribution >= 4 is 29.9 Å². The molecule has 152 valence electrons. The highest BCUT2D eigenvalue weighted by Gasteiger charge is 2.46. The molecule has 3 rings (SSSR count). The molecule has 0 radical (unpaired) electrons. The summed E-state index contributed by atoms with van der Waals surface area (Å²) in [5.41, 5.74) is 3.70. The van der Waals surface area contributed by atoms with E-state index in [1.54, 1.807) is 21.3 Å².